The lowest BCUT2D eigenvalue weighted by molar-refractivity contribution is 0.568. The zero-order valence-corrected chi connectivity index (χ0v) is 11.1. The van der Waals surface area contributed by atoms with Crippen LogP contribution in [-0.4, -0.2) is 6.54 Å². The summed E-state index contributed by atoms with van der Waals surface area (Å²) >= 11 is 3.48. The first-order valence-corrected chi connectivity index (χ1v) is 6.70. The minimum absolute atomic E-state index is 0.341. The van der Waals surface area contributed by atoms with E-state index in [2.05, 4.69) is 69.8 Å². The fourth-order valence-corrected chi connectivity index (χ4v) is 2.72. The van der Waals surface area contributed by atoms with Gasteiger partial charge in [0.1, 0.15) is 0 Å². The number of benzene rings is 2. The largest absolute Gasteiger partial charge is 0.306 e. The fourth-order valence-electron chi connectivity index (χ4n) is 2.46. The van der Waals surface area contributed by atoms with Gasteiger partial charge in [0, 0.05) is 11.0 Å². The van der Waals surface area contributed by atoms with Crippen LogP contribution in [0.4, 0.5) is 0 Å². The molecule has 0 aromatic heterocycles. The van der Waals surface area contributed by atoms with E-state index in [0.29, 0.717) is 6.04 Å². The molecule has 0 aliphatic carbocycles. The van der Waals surface area contributed by atoms with Crippen LogP contribution >= 0.6 is 15.9 Å². The lowest BCUT2D eigenvalue weighted by Gasteiger charge is -2.27. The van der Waals surface area contributed by atoms with Crippen LogP contribution in [0.3, 0.4) is 0 Å². The van der Waals surface area contributed by atoms with Gasteiger partial charge < -0.3 is 5.32 Å². The zero-order chi connectivity index (χ0) is 11.7. The molecule has 1 N–H and O–H groups in total. The van der Waals surface area contributed by atoms with Crippen molar-refractivity contribution in [2.75, 3.05) is 6.54 Å². The Bertz CT molecular complexity index is 519. The highest BCUT2D eigenvalue weighted by molar-refractivity contribution is 9.10. The molecule has 17 heavy (non-hydrogen) atoms. The van der Waals surface area contributed by atoms with Crippen molar-refractivity contribution in [3.05, 3.63) is 69.7 Å². The smallest absolute Gasteiger partial charge is 0.0579 e. The van der Waals surface area contributed by atoms with Crippen LogP contribution in [0.2, 0.25) is 0 Å². The topological polar surface area (TPSA) is 12.0 Å². The Balaban J connectivity index is 2.03. The average molecular weight is 288 g/mol. The highest BCUT2D eigenvalue weighted by atomic mass is 79.9. The molecule has 1 aliphatic heterocycles. The molecule has 1 atom stereocenters. The van der Waals surface area contributed by atoms with E-state index in [0.717, 1.165) is 17.4 Å². The number of hydrogen-bond donors (Lipinski definition) is 1. The quantitative estimate of drug-likeness (QED) is 0.844. The molecule has 0 amide bonds. The van der Waals surface area contributed by atoms with E-state index in [1.54, 1.807) is 0 Å². The van der Waals surface area contributed by atoms with Crippen LogP contribution in [0, 0.1) is 0 Å². The first-order valence-electron chi connectivity index (χ1n) is 5.91. The molecular weight excluding hydrogens is 274 g/mol. The normalized spacial score (nSPS) is 18.8. The molecule has 1 nitrogen and oxygen atoms in total. The molecule has 86 valence electrons. The predicted molar refractivity (Wildman–Crippen MR) is 74.1 cm³/mol. The second-order valence-corrected chi connectivity index (χ2v) is 5.30. The minimum atomic E-state index is 0.341. The second kappa shape index (κ2) is 4.63. The summed E-state index contributed by atoms with van der Waals surface area (Å²) in [5.74, 6) is 0. The Labute approximate surface area is 110 Å². The number of rotatable bonds is 1. The van der Waals surface area contributed by atoms with Crippen molar-refractivity contribution in [3.8, 4) is 0 Å². The van der Waals surface area contributed by atoms with Crippen LogP contribution in [0.5, 0.6) is 0 Å². The minimum Gasteiger partial charge on any atom is -0.306 e. The molecule has 3 rings (SSSR count). The molecule has 0 spiro atoms. The van der Waals surface area contributed by atoms with E-state index in [1.807, 2.05) is 0 Å². The Morgan fingerprint density at radius 2 is 1.76 bits per heavy atom. The summed E-state index contributed by atoms with van der Waals surface area (Å²) < 4.78 is 1.13. The van der Waals surface area contributed by atoms with E-state index in [1.165, 1.54) is 16.7 Å². The molecule has 2 aromatic rings. The highest BCUT2D eigenvalue weighted by Crippen LogP contribution is 2.29. The lowest BCUT2D eigenvalue weighted by atomic mass is 9.90. The van der Waals surface area contributed by atoms with Gasteiger partial charge in [0.05, 0.1) is 6.04 Å². The fraction of sp³-hybridized carbons (Fsp3) is 0.200. The molecule has 1 heterocycles. The molecule has 0 saturated heterocycles. The van der Waals surface area contributed by atoms with Crippen LogP contribution in [-0.2, 0) is 6.42 Å². The SMILES string of the molecule is Brc1ccc(C2NCCc3ccccc32)cc1. The van der Waals surface area contributed by atoms with Crippen LogP contribution < -0.4 is 5.32 Å². The van der Waals surface area contributed by atoms with Crippen molar-refractivity contribution in [1.82, 2.24) is 5.32 Å². The van der Waals surface area contributed by atoms with E-state index in [4.69, 9.17) is 0 Å². The van der Waals surface area contributed by atoms with Gasteiger partial charge in [-0.15, -0.1) is 0 Å². The summed E-state index contributed by atoms with van der Waals surface area (Å²) in [5, 5.41) is 3.60. The molecule has 1 aliphatic rings. The zero-order valence-electron chi connectivity index (χ0n) is 9.49. The van der Waals surface area contributed by atoms with Gasteiger partial charge >= 0.3 is 0 Å². The summed E-state index contributed by atoms with van der Waals surface area (Å²) in [4.78, 5) is 0. The molecule has 0 radical (unpaired) electrons. The maximum Gasteiger partial charge on any atom is 0.0579 e. The van der Waals surface area contributed by atoms with Crippen molar-refractivity contribution in [1.29, 1.82) is 0 Å². The van der Waals surface area contributed by atoms with Gasteiger partial charge in [-0.05, 0) is 35.2 Å². The number of hydrogen-bond acceptors (Lipinski definition) is 1. The molecule has 2 heteroatoms. The van der Waals surface area contributed by atoms with Crippen molar-refractivity contribution in [3.63, 3.8) is 0 Å². The summed E-state index contributed by atoms with van der Waals surface area (Å²) in [7, 11) is 0. The molecule has 2 aromatic carbocycles. The van der Waals surface area contributed by atoms with Gasteiger partial charge in [0.15, 0.2) is 0 Å². The maximum absolute atomic E-state index is 3.60. The predicted octanol–water partition coefficient (Wildman–Crippen LogP) is 3.68. The molecular formula is C15H14BrN. The first kappa shape index (κ1) is 11.0. The summed E-state index contributed by atoms with van der Waals surface area (Å²) in [6.45, 7) is 1.05. The second-order valence-electron chi connectivity index (χ2n) is 4.39. The van der Waals surface area contributed by atoms with E-state index in [9.17, 15) is 0 Å². The van der Waals surface area contributed by atoms with E-state index >= 15 is 0 Å². The van der Waals surface area contributed by atoms with Gasteiger partial charge in [-0.1, -0.05) is 52.3 Å². The maximum atomic E-state index is 3.60. The van der Waals surface area contributed by atoms with Crippen molar-refractivity contribution in [2.24, 2.45) is 0 Å². The van der Waals surface area contributed by atoms with Crippen molar-refractivity contribution in [2.45, 2.75) is 12.5 Å². The average Bonchev–Trinajstić information content (AvgIpc) is 2.39. The van der Waals surface area contributed by atoms with Gasteiger partial charge in [0.2, 0.25) is 0 Å². The Morgan fingerprint density at radius 1 is 1.00 bits per heavy atom. The Morgan fingerprint density at radius 3 is 2.59 bits per heavy atom. The van der Waals surface area contributed by atoms with Crippen molar-refractivity contribution < 1.29 is 0 Å². The Hall–Kier alpha value is -1.12. The third-order valence-electron chi connectivity index (χ3n) is 3.31. The lowest BCUT2D eigenvalue weighted by Crippen LogP contribution is -2.30. The number of fused-ring (bicyclic) bond motifs is 1. The standard InChI is InChI=1S/C15H14BrN/c16-13-7-5-12(6-8-13)15-14-4-2-1-3-11(14)9-10-17-15/h1-8,15,17H,9-10H2. The number of halogens is 1. The summed E-state index contributed by atoms with van der Waals surface area (Å²) in [5.41, 5.74) is 4.22. The molecule has 1 unspecified atom stereocenters. The summed E-state index contributed by atoms with van der Waals surface area (Å²) in [6, 6.07) is 17.6. The molecule has 0 saturated carbocycles. The van der Waals surface area contributed by atoms with E-state index < -0.39 is 0 Å². The van der Waals surface area contributed by atoms with Crippen LogP contribution in [0.25, 0.3) is 0 Å². The monoisotopic (exact) mass is 287 g/mol. The van der Waals surface area contributed by atoms with Crippen LogP contribution in [0.15, 0.2) is 53.0 Å². The molecule has 0 bridgehead atoms. The van der Waals surface area contributed by atoms with E-state index in [-0.39, 0.29) is 0 Å². The van der Waals surface area contributed by atoms with Gasteiger partial charge in [-0.3, -0.25) is 0 Å². The van der Waals surface area contributed by atoms with Crippen molar-refractivity contribution >= 4 is 15.9 Å². The number of nitrogens with one attached hydrogen (secondary N) is 1. The van der Waals surface area contributed by atoms with Gasteiger partial charge in [0.25, 0.3) is 0 Å². The van der Waals surface area contributed by atoms with Crippen LogP contribution in [0.1, 0.15) is 22.7 Å². The highest BCUT2D eigenvalue weighted by Gasteiger charge is 2.20. The summed E-state index contributed by atoms with van der Waals surface area (Å²) in [6.07, 6.45) is 1.13. The third-order valence-corrected chi connectivity index (χ3v) is 3.84. The molecule has 0 fully saturated rings. The Kier molecular flexibility index (Phi) is 3.00. The van der Waals surface area contributed by atoms with Gasteiger partial charge in [-0.25, -0.2) is 0 Å². The van der Waals surface area contributed by atoms with Gasteiger partial charge in [-0.2, -0.15) is 0 Å². The first-order chi connectivity index (χ1) is 8.34. The third kappa shape index (κ3) is 2.15.